The van der Waals surface area contributed by atoms with Crippen molar-refractivity contribution in [1.82, 2.24) is 0 Å². The average Bonchev–Trinajstić information content (AvgIpc) is 2.61. The first kappa shape index (κ1) is 18.2. The molecule has 0 fully saturated rings. The fourth-order valence-corrected chi connectivity index (χ4v) is 1.96. The van der Waals surface area contributed by atoms with Crippen LogP contribution in [0.3, 0.4) is 0 Å². The van der Waals surface area contributed by atoms with Crippen LogP contribution in [-0.4, -0.2) is 25.6 Å². The van der Waals surface area contributed by atoms with Gasteiger partial charge in [-0.2, -0.15) is 0 Å². The molecule has 2 aromatic carbocycles. The van der Waals surface area contributed by atoms with Crippen molar-refractivity contribution in [2.45, 2.75) is 6.92 Å². The molecule has 1 amide bonds. The predicted molar refractivity (Wildman–Crippen MR) is 92.8 cm³/mol. The number of carbonyl (C=O) groups is 2. The number of esters is 1. The number of methoxy groups -OCH3 is 1. The Balaban J connectivity index is 1.83. The second-order valence-electron chi connectivity index (χ2n) is 5.23. The van der Waals surface area contributed by atoms with E-state index >= 15 is 0 Å². The number of carbonyl (C=O) groups excluding carboxylic acids is 2. The van der Waals surface area contributed by atoms with Gasteiger partial charge in [0, 0.05) is 11.8 Å². The lowest BCUT2D eigenvalue weighted by molar-refractivity contribution is -0.142. The number of ether oxygens (including phenoxy) is 2. The number of hydrogen-bond donors (Lipinski definition) is 1. The number of halogens is 1. The molecule has 0 radical (unpaired) electrons. The summed E-state index contributed by atoms with van der Waals surface area (Å²) >= 11 is 0. The summed E-state index contributed by atoms with van der Waals surface area (Å²) < 4.78 is 23.3. The summed E-state index contributed by atoms with van der Waals surface area (Å²) in [6, 6.07) is 11.5. The van der Waals surface area contributed by atoms with E-state index in [1.165, 1.54) is 12.1 Å². The molecule has 0 saturated carbocycles. The van der Waals surface area contributed by atoms with Crippen molar-refractivity contribution < 1.29 is 23.5 Å². The zero-order valence-corrected chi connectivity index (χ0v) is 13.9. The Morgan fingerprint density at radius 1 is 1.20 bits per heavy atom. The number of hydrogen-bond acceptors (Lipinski definition) is 4. The summed E-state index contributed by atoms with van der Waals surface area (Å²) in [5.74, 6) is -0.962. The molecule has 6 heteroatoms. The predicted octanol–water partition coefficient (Wildman–Crippen LogP) is 3.34. The van der Waals surface area contributed by atoms with Crippen LogP contribution in [0.5, 0.6) is 5.75 Å². The Hall–Kier alpha value is -3.15. The second-order valence-corrected chi connectivity index (χ2v) is 5.23. The lowest BCUT2D eigenvalue weighted by Gasteiger charge is -2.06. The van der Waals surface area contributed by atoms with Gasteiger partial charge in [0.05, 0.1) is 7.11 Å². The van der Waals surface area contributed by atoms with Gasteiger partial charge in [0.2, 0.25) is 0 Å². The van der Waals surface area contributed by atoms with E-state index in [1.54, 1.807) is 56.5 Å². The molecular weight excluding hydrogens is 325 g/mol. The van der Waals surface area contributed by atoms with E-state index in [0.29, 0.717) is 17.0 Å². The fraction of sp³-hybridized carbons (Fsp3) is 0.158. The zero-order chi connectivity index (χ0) is 18.2. The number of aryl methyl sites for hydroxylation is 1. The summed E-state index contributed by atoms with van der Waals surface area (Å²) in [6.45, 7) is 1.16. The SMILES string of the molecule is COc1cccc(/C=C/C(=O)OCC(=O)Nc2ccc(C)c(F)c2)c1. The number of nitrogens with one attached hydrogen (secondary N) is 1. The van der Waals surface area contributed by atoms with Gasteiger partial charge in [-0.3, -0.25) is 4.79 Å². The van der Waals surface area contributed by atoms with Gasteiger partial charge in [-0.15, -0.1) is 0 Å². The highest BCUT2D eigenvalue weighted by atomic mass is 19.1. The van der Waals surface area contributed by atoms with Gasteiger partial charge >= 0.3 is 5.97 Å². The molecule has 0 atom stereocenters. The van der Waals surface area contributed by atoms with Crippen LogP contribution < -0.4 is 10.1 Å². The van der Waals surface area contributed by atoms with E-state index in [9.17, 15) is 14.0 Å². The molecule has 1 N–H and O–H groups in total. The first-order valence-electron chi connectivity index (χ1n) is 7.53. The van der Waals surface area contributed by atoms with Crippen LogP contribution in [0.2, 0.25) is 0 Å². The standard InChI is InChI=1S/C19H18FNO4/c1-13-6-8-15(11-17(13)20)21-18(22)12-25-19(23)9-7-14-4-3-5-16(10-14)24-2/h3-11H,12H2,1-2H3,(H,21,22)/b9-7+. The molecule has 0 spiro atoms. The normalized spacial score (nSPS) is 10.5. The van der Waals surface area contributed by atoms with Crippen molar-refractivity contribution in [3.05, 3.63) is 65.5 Å². The van der Waals surface area contributed by atoms with E-state index in [4.69, 9.17) is 9.47 Å². The summed E-state index contributed by atoms with van der Waals surface area (Å²) in [5, 5.41) is 2.46. The van der Waals surface area contributed by atoms with E-state index < -0.39 is 24.3 Å². The van der Waals surface area contributed by atoms with Gasteiger partial charge in [-0.05, 0) is 48.4 Å². The molecule has 0 saturated heterocycles. The average molecular weight is 343 g/mol. The smallest absolute Gasteiger partial charge is 0.331 e. The monoisotopic (exact) mass is 343 g/mol. The highest BCUT2D eigenvalue weighted by Crippen LogP contribution is 2.14. The minimum atomic E-state index is -0.659. The van der Waals surface area contributed by atoms with Gasteiger partial charge in [-0.25, -0.2) is 9.18 Å². The minimum absolute atomic E-state index is 0.302. The van der Waals surface area contributed by atoms with Crippen LogP contribution in [0.4, 0.5) is 10.1 Å². The van der Waals surface area contributed by atoms with Crippen molar-refractivity contribution >= 4 is 23.6 Å². The number of amides is 1. The molecular formula is C19H18FNO4. The highest BCUT2D eigenvalue weighted by molar-refractivity contribution is 5.94. The Bertz CT molecular complexity index is 802. The van der Waals surface area contributed by atoms with Gasteiger partial charge in [-0.1, -0.05) is 18.2 Å². The minimum Gasteiger partial charge on any atom is -0.497 e. The van der Waals surface area contributed by atoms with Crippen LogP contribution in [-0.2, 0) is 14.3 Å². The molecule has 25 heavy (non-hydrogen) atoms. The maximum Gasteiger partial charge on any atom is 0.331 e. The molecule has 5 nitrogen and oxygen atoms in total. The van der Waals surface area contributed by atoms with Gasteiger partial charge in [0.1, 0.15) is 11.6 Å². The van der Waals surface area contributed by atoms with Crippen LogP contribution in [0.25, 0.3) is 6.08 Å². The number of benzene rings is 2. The highest BCUT2D eigenvalue weighted by Gasteiger charge is 2.07. The van der Waals surface area contributed by atoms with Gasteiger partial charge in [0.25, 0.3) is 5.91 Å². The van der Waals surface area contributed by atoms with Crippen LogP contribution in [0.1, 0.15) is 11.1 Å². The lowest BCUT2D eigenvalue weighted by Crippen LogP contribution is -2.20. The molecule has 0 unspecified atom stereocenters. The molecule has 130 valence electrons. The second kappa shape index (κ2) is 8.63. The lowest BCUT2D eigenvalue weighted by atomic mass is 10.2. The molecule has 0 aliphatic carbocycles. The molecule has 0 aliphatic rings. The summed E-state index contributed by atoms with van der Waals surface area (Å²) in [4.78, 5) is 23.4. The summed E-state index contributed by atoms with van der Waals surface area (Å²) in [5.41, 5.74) is 1.54. The van der Waals surface area contributed by atoms with Gasteiger partial charge < -0.3 is 14.8 Å². The molecule has 2 rings (SSSR count). The summed E-state index contributed by atoms with van der Waals surface area (Å²) in [6.07, 6.45) is 2.77. The van der Waals surface area contributed by atoms with Gasteiger partial charge in [0.15, 0.2) is 6.61 Å². The number of rotatable bonds is 6. The number of anilines is 1. The van der Waals surface area contributed by atoms with Crippen molar-refractivity contribution in [3.63, 3.8) is 0 Å². The third-order valence-corrected chi connectivity index (χ3v) is 3.31. The third kappa shape index (κ3) is 5.76. The van der Waals surface area contributed by atoms with Crippen LogP contribution in [0, 0.1) is 12.7 Å². The van der Waals surface area contributed by atoms with Crippen molar-refractivity contribution in [2.24, 2.45) is 0 Å². The topological polar surface area (TPSA) is 64.6 Å². The summed E-state index contributed by atoms with van der Waals surface area (Å²) in [7, 11) is 1.55. The Morgan fingerprint density at radius 3 is 2.72 bits per heavy atom. The van der Waals surface area contributed by atoms with Crippen LogP contribution >= 0.6 is 0 Å². The van der Waals surface area contributed by atoms with Crippen molar-refractivity contribution in [1.29, 1.82) is 0 Å². The van der Waals surface area contributed by atoms with Crippen LogP contribution in [0.15, 0.2) is 48.5 Å². The molecule has 0 heterocycles. The van der Waals surface area contributed by atoms with Crippen molar-refractivity contribution in [3.8, 4) is 5.75 Å². The third-order valence-electron chi connectivity index (χ3n) is 3.31. The Morgan fingerprint density at radius 2 is 2.00 bits per heavy atom. The first-order chi connectivity index (χ1) is 12.0. The maximum atomic E-state index is 13.4. The fourth-order valence-electron chi connectivity index (χ4n) is 1.96. The molecule has 0 bridgehead atoms. The molecule has 2 aromatic rings. The quantitative estimate of drug-likeness (QED) is 0.645. The van der Waals surface area contributed by atoms with E-state index in [-0.39, 0.29) is 0 Å². The van der Waals surface area contributed by atoms with E-state index in [1.807, 2.05) is 0 Å². The Labute approximate surface area is 145 Å². The largest absolute Gasteiger partial charge is 0.497 e. The molecule has 0 aliphatic heterocycles. The molecule has 0 aromatic heterocycles. The van der Waals surface area contributed by atoms with E-state index in [0.717, 1.165) is 5.56 Å². The van der Waals surface area contributed by atoms with E-state index in [2.05, 4.69) is 5.32 Å². The zero-order valence-electron chi connectivity index (χ0n) is 13.9. The van der Waals surface area contributed by atoms with Crippen molar-refractivity contribution in [2.75, 3.05) is 19.0 Å². The maximum absolute atomic E-state index is 13.4. The Kier molecular flexibility index (Phi) is 6.28. The first-order valence-corrected chi connectivity index (χ1v) is 7.53.